The lowest BCUT2D eigenvalue weighted by Gasteiger charge is -2.17. The van der Waals surface area contributed by atoms with Crippen LogP contribution >= 0.6 is 0 Å². The predicted octanol–water partition coefficient (Wildman–Crippen LogP) is 2.44. The molecule has 0 bridgehead atoms. The molecule has 1 unspecified atom stereocenters. The molecular formula is C14H19F2NO2. The van der Waals surface area contributed by atoms with Crippen LogP contribution in [0.3, 0.4) is 0 Å². The van der Waals surface area contributed by atoms with Crippen molar-refractivity contribution in [3.8, 4) is 0 Å². The van der Waals surface area contributed by atoms with Crippen molar-refractivity contribution in [2.45, 2.75) is 32.7 Å². The van der Waals surface area contributed by atoms with Gasteiger partial charge in [0.05, 0.1) is 13.0 Å². The summed E-state index contributed by atoms with van der Waals surface area (Å²) in [6.45, 7) is 4.57. The van der Waals surface area contributed by atoms with Gasteiger partial charge in [-0.05, 0) is 43.7 Å². The van der Waals surface area contributed by atoms with Crippen LogP contribution in [0.1, 0.15) is 25.8 Å². The Morgan fingerprint density at radius 3 is 2.74 bits per heavy atom. The van der Waals surface area contributed by atoms with Crippen molar-refractivity contribution in [2.24, 2.45) is 0 Å². The highest BCUT2D eigenvalue weighted by atomic mass is 19.1. The monoisotopic (exact) mass is 271 g/mol. The highest BCUT2D eigenvalue weighted by molar-refractivity contribution is 5.70. The molecule has 0 amide bonds. The van der Waals surface area contributed by atoms with E-state index in [0.29, 0.717) is 13.2 Å². The van der Waals surface area contributed by atoms with E-state index in [9.17, 15) is 13.6 Å². The normalized spacial score (nSPS) is 12.2. The van der Waals surface area contributed by atoms with E-state index in [1.165, 1.54) is 0 Å². The molecule has 0 aliphatic rings. The van der Waals surface area contributed by atoms with Gasteiger partial charge in [0, 0.05) is 6.04 Å². The topological polar surface area (TPSA) is 38.3 Å². The summed E-state index contributed by atoms with van der Waals surface area (Å²) in [5.74, 6) is -1.29. The third-order valence-electron chi connectivity index (χ3n) is 2.69. The summed E-state index contributed by atoms with van der Waals surface area (Å²) < 4.78 is 31.5. The summed E-state index contributed by atoms with van der Waals surface area (Å²) in [6.07, 6.45) is 0.383. The number of esters is 1. The zero-order valence-electron chi connectivity index (χ0n) is 11.2. The standard InChI is InChI=1S/C14H19F2NO2/c1-3-17-12(9-14(18)19-4-2)8-10-7-11(15)5-6-13(10)16/h5-7,12,17H,3-4,8-9H2,1-2H3. The van der Waals surface area contributed by atoms with Gasteiger partial charge in [-0.2, -0.15) is 0 Å². The van der Waals surface area contributed by atoms with Gasteiger partial charge in [-0.15, -0.1) is 0 Å². The fourth-order valence-electron chi connectivity index (χ4n) is 1.89. The van der Waals surface area contributed by atoms with E-state index >= 15 is 0 Å². The Labute approximate surface area is 112 Å². The second-order valence-electron chi connectivity index (χ2n) is 4.20. The van der Waals surface area contributed by atoms with Gasteiger partial charge in [0.25, 0.3) is 0 Å². The maximum Gasteiger partial charge on any atom is 0.307 e. The lowest BCUT2D eigenvalue weighted by atomic mass is 10.0. The van der Waals surface area contributed by atoms with Crippen molar-refractivity contribution in [3.63, 3.8) is 0 Å². The first-order valence-electron chi connectivity index (χ1n) is 6.39. The van der Waals surface area contributed by atoms with Gasteiger partial charge in [0.15, 0.2) is 0 Å². The van der Waals surface area contributed by atoms with Gasteiger partial charge in [0.1, 0.15) is 11.6 Å². The minimum atomic E-state index is -0.484. The minimum Gasteiger partial charge on any atom is -0.466 e. The van der Waals surface area contributed by atoms with Crippen LogP contribution in [0.15, 0.2) is 18.2 Å². The summed E-state index contributed by atoms with van der Waals surface area (Å²) in [7, 11) is 0. The Balaban J connectivity index is 2.71. The van der Waals surface area contributed by atoms with Crippen LogP contribution < -0.4 is 5.32 Å². The predicted molar refractivity (Wildman–Crippen MR) is 68.8 cm³/mol. The molecule has 3 nitrogen and oxygen atoms in total. The zero-order chi connectivity index (χ0) is 14.3. The summed E-state index contributed by atoms with van der Waals surface area (Å²) in [4.78, 5) is 11.4. The first kappa shape index (κ1) is 15.6. The van der Waals surface area contributed by atoms with Gasteiger partial charge in [-0.3, -0.25) is 4.79 Å². The number of carbonyl (C=O) groups excluding carboxylic acids is 1. The van der Waals surface area contributed by atoms with E-state index in [-0.39, 0.29) is 30.4 Å². The molecule has 0 heterocycles. The Morgan fingerprint density at radius 2 is 2.11 bits per heavy atom. The fourth-order valence-corrected chi connectivity index (χ4v) is 1.89. The number of hydrogen-bond donors (Lipinski definition) is 1. The third kappa shape index (κ3) is 5.34. The number of halogens is 2. The van der Waals surface area contributed by atoms with Crippen molar-refractivity contribution < 1.29 is 18.3 Å². The Bertz CT molecular complexity index is 424. The largest absolute Gasteiger partial charge is 0.466 e. The first-order chi connectivity index (χ1) is 9.06. The molecule has 0 saturated heterocycles. The molecule has 0 spiro atoms. The lowest BCUT2D eigenvalue weighted by Crippen LogP contribution is -2.34. The zero-order valence-corrected chi connectivity index (χ0v) is 11.2. The lowest BCUT2D eigenvalue weighted by molar-refractivity contribution is -0.143. The fraction of sp³-hybridized carbons (Fsp3) is 0.500. The van der Waals surface area contributed by atoms with E-state index in [0.717, 1.165) is 18.2 Å². The molecule has 0 aromatic heterocycles. The molecule has 0 aliphatic heterocycles. The van der Waals surface area contributed by atoms with Crippen LogP contribution in [0, 0.1) is 11.6 Å². The molecule has 1 N–H and O–H groups in total. The quantitative estimate of drug-likeness (QED) is 0.774. The summed E-state index contributed by atoms with van der Waals surface area (Å²) >= 11 is 0. The van der Waals surface area contributed by atoms with Crippen LogP contribution in [0.2, 0.25) is 0 Å². The molecule has 5 heteroatoms. The Kier molecular flexibility index (Phi) is 6.42. The van der Waals surface area contributed by atoms with Crippen LogP contribution in [0.25, 0.3) is 0 Å². The summed E-state index contributed by atoms with van der Waals surface area (Å²) in [6, 6.07) is 3.07. The van der Waals surface area contributed by atoms with Gasteiger partial charge < -0.3 is 10.1 Å². The van der Waals surface area contributed by atoms with Gasteiger partial charge in [0.2, 0.25) is 0 Å². The molecule has 1 rings (SSSR count). The average Bonchev–Trinajstić information content (AvgIpc) is 2.34. The number of hydrogen-bond acceptors (Lipinski definition) is 3. The molecule has 1 aromatic carbocycles. The molecule has 0 radical (unpaired) electrons. The molecule has 0 aliphatic carbocycles. The second-order valence-corrected chi connectivity index (χ2v) is 4.20. The SMILES string of the molecule is CCNC(CC(=O)OCC)Cc1cc(F)ccc1F. The van der Waals surface area contributed by atoms with Crippen molar-refractivity contribution in [2.75, 3.05) is 13.2 Å². The van der Waals surface area contributed by atoms with Crippen molar-refractivity contribution in [3.05, 3.63) is 35.4 Å². The number of benzene rings is 1. The number of ether oxygens (including phenoxy) is 1. The molecule has 1 aromatic rings. The van der Waals surface area contributed by atoms with Crippen molar-refractivity contribution in [1.82, 2.24) is 5.32 Å². The average molecular weight is 271 g/mol. The molecule has 19 heavy (non-hydrogen) atoms. The molecule has 0 saturated carbocycles. The number of likely N-dealkylation sites (N-methyl/N-ethyl adjacent to an activating group) is 1. The maximum atomic E-state index is 13.5. The van der Waals surface area contributed by atoms with E-state index in [4.69, 9.17) is 4.74 Å². The highest BCUT2D eigenvalue weighted by Crippen LogP contribution is 2.13. The van der Waals surface area contributed by atoms with Gasteiger partial charge in [-0.1, -0.05) is 6.92 Å². The van der Waals surface area contributed by atoms with E-state index < -0.39 is 11.6 Å². The van der Waals surface area contributed by atoms with Crippen LogP contribution in [-0.2, 0) is 16.0 Å². The molecule has 106 valence electrons. The highest BCUT2D eigenvalue weighted by Gasteiger charge is 2.16. The maximum absolute atomic E-state index is 13.5. The number of nitrogens with one attached hydrogen (secondary N) is 1. The number of rotatable bonds is 7. The van der Waals surface area contributed by atoms with Crippen LogP contribution in [-0.4, -0.2) is 25.2 Å². The summed E-state index contributed by atoms with van der Waals surface area (Å²) in [5.41, 5.74) is 0.259. The first-order valence-corrected chi connectivity index (χ1v) is 6.39. The molecule has 1 atom stereocenters. The third-order valence-corrected chi connectivity index (χ3v) is 2.69. The Morgan fingerprint density at radius 1 is 1.37 bits per heavy atom. The van der Waals surface area contributed by atoms with Gasteiger partial charge >= 0.3 is 5.97 Å². The minimum absolute atomic E-state index is 0.137. The van der Waals surface area contributed by atoms with Crippen LogP contribution in [0.5, 0.6) is 0 Å². The molecular weight excluding hydrogens is 252 g/mol. The smallest absolute Gasteiger partial charge is 0.307 e. The van der Waals surface area contributed by atoms with E-state index in [1.54, 1.807) is 6.92 Å². The van der Waals surface area contributed by atoms with Gasteiger partial charge in [-0.25, -0.2) is 8.78 Å². The van der Waals surface area contributed by atoms with E-state index in [2.05, 4.69) is 5.32 Å². The molecule has 0 fully saturated rings. The van der Waals surface area contributed by atoms with Crippen molar-refractivity contribution >= 4 is 5.97 Å². The summed E-state index contributed by atoms with van der Waals surface area (Å²) in [5, 5.41) is 3.08. The van der Waals surface area contributed by atoms with E-state index in [1.807, 2.05) is 6.92 Å². The van der Waals surface area contributed by atoms with Crippen molar-refractivity contribution in [1.29, 1.82) is 0 Å². The Hall–Kier alpha value is -1.49. The van der Waals surface area contributed by atoms with Crippen LogP contribution in [0.4, 0.5) is 8.78 Å². The second kappa shape index (κ2) is 7.84. The number of carbonyl (C=O) groups is 1.